The van der Waals surface area contributed by atoms with Gasteiger partial charge in [0.25, 0.3) is 0 Å². The summed E-state index contributed by atoms with van der Waals surface area (Å²) in [5.41, 5.74) is 3.48. The van der Waals surface area contributed by atoms with E-state index in [1.807, 2.05) is 0 Å². The molecule has 1 aromatic carbocycles. The van der Waals surface area contributed by atoms with Crippen LogP contribution in [0.4, 0.5) is 0 Å². The highest BCUT2D eigenvalue weighted by Crippen LogP contribution is 2.68. The van der Waals surface area contributed by atoms with Crippen molar-refractivity contribution in [2.24, 2.45) is 52.3 Å². The van der Waals surface area contributed by atoms with Crippen molar-refractivity contribution in [1.29, 1.82) is 0 Å². The smallest absolute Gasteiger partial charge is 0.0756 e. The van der Waals surface area contributed by atoms with Crippen molar-refractivity contribution in [2.45, 2.75) is 111 Å². The number of hydrogen-bond acceptors (Lipinski definition) is 1. The summed E-state index contributed by atoms with van der Waals surface area (Å²) in [5, 5.41) is 11.1. The van der Waals surface area contributed by atoms with Crippen LogP contribution in [0.5, 0.6) is 0 Å². The summed E-state index contributed by atoms with van der Waals surface area (Å²) in [4.78, 5) is 0. The fraction of sp³-hybridized carbons (Fsp3) is 0.765. The zero-order valence-electron chi connectivity index (χ0n) is 23.3. The Morgan fingerprint density at radius 2 is 1.66 bits per heavy atom. The van der Waals surface area contributed by atoms with Crippen LogP contribution in [-0.2, 0) is 0 Å². The molecule has 0 bridgehead atoms. The topological polar surface area (TPSA) is 20.2 Å². The van der Waals surface area contributed by atoms with Crippen LogP contribution in [0.15, 0.2) is 35.9 Å². The molecule has 4 fully saturated rings. The van der Waals surface area contributed by atoms with Crippen molar-refractivity contribution in [3.05, 3.63) is 41.5 Å². The molecular formula is C34H52O. The quantitative estimate of drug-likeness (QED) is 0.434. The number of aliphatic hydroxyl groups is 1. The highest BCUT2D eigenvalue weighted by molar-refractivity contribution is 5.54. The minimum atomic E-state index is -0.249. The molecule has 0 aliphatic heterocycles. The standard InChI is InChI=1S/C34H52O/c1-23(2)10-9-11-24(3)29-16-17-30-28-15-14-27-21-32(35)26(20-25-12-7-6-8-13-25)22-34(27,5)31(28)18-19-33(29,30)4/h6-8,12-13,20,23-24,27-32,35H,9-11,14-19,21-22H2,1-5H3/b26-20-/t24-,27+,28+,29+,30-,31-,32+,33-,34+/m1/s1. The first-order valence-electron chi connectivity index (χ1n) is 15.2. The van der Waals surface area contributed by atoms with Gasteiger partial charge >= 0.3 is 0 Å². The summed E-state index contributed by atoms with van der Waals surface area (Å²) in [6.07, 6.45) is 17.0. The van der Waals surface area contributed by atoms with E-state index in [0.29, 0.717) is 16.7 Å². The lowest BCUT2D eigenvalue weighted by molar-refractivity contribution is -0.117. The molecule has 0 aromatic heterocycles. The molecule has 4 aliphatic rings. The van der Waals surface area contributed by atoms with E-state index < -0.39 is 0 Å². The van der Waals surface area contributed by atoms with Gasteiger partial charge in [-0.1, -0.05) is 90.3 Å². The second kappa shape index (κ2) is 10.00. The largest absolute Gasteiger partial charge is 0.389 e. The van der Waals surface area contributed by atoms with E-state index in [1.165, 1.54) is 68.9 Å². The minimum absolute atomic E-state index is 0.249. The van der Waals surface area contributed by atoms with Gasteiger partial charge in [0.2, 0.25) is 0 Å². The highest BCUT2D eigenvalue weighted by Gasteiger charge is 2.60. The van der Waals surface area contributed by atoms with Crippen molar-refractivity contribution in [3.8, 4) is 0 Å². The first kappa shape index (κ1) is 25.6. The molecule has 5 rings (SSSR count). The average molecular weight is 477 g/mol. The fourth-order valence-electron chi connectivity index (χ4n) is 10.1. The maximum Gasteiger partial charge on any atom is 0.0756 e. The summed E-state index contributed by atoms with van der Waals surface area (Å²) in [7, 11) is 0. The molecule has 0 radical (unpaired) electrons. The lowest BCUT2D eigenvalue weighted by Crippen LogP contribution is -2.54. The maximum absolute atomic E-state index is 11.1. The van der Waals surface area contributed by atoms with Gasteiger partial charge < -0.3 is 5.11 Å². The van der Waals surface area contributed by atoms with E-state index in [2.05, 4.69) is 71.0 Å². The second-order valence-corrected chi connectivity index (χ2v) is 14.2. The lowest BCUT2D eigenvalue weighted by atomic mass is 9.44. The van der Waals surface area contributed by atoms with Crippen molar-refractivity contribution in [3.63, 3.8) is 0 Å². The third kappa shape index (κ3) is 4.69. The Bertz CT molecular complexity index is 885. The van der Waals surface area contributed by atoms with Crippen LogP contribution in [0, 0.1) is 52.3 Å². The SMILES string of the molecule is CC(C)CCC[C@@H](C)[C@@H]1CC[C@@H]2[C@@H]3CC[C@H]4C[C@H](O)/C(=C\c5ccccc5)C[C@]4(C)[C@@H]3CC[C@@]21C. The van der Waals surface area contributed by atoms with Gasteiger partial charge in [-0.15, -0.1) is 0 Å². The number of fused-ring (bicyclic) bond motifs is 5. The Kier molecular flexibility index (Phi) is 7.30. The maximum atomic E-state index is 11.1. The Morgan fingerprint density at radius 1 is 0.914 bits per heavy atom. The molecule has 1 aromatic rings. The second-order valence-electron chi connectivity index (χ2n) is 14.2. The Hall–Kier alpha value is -1.08. The molecule has 0 unspecified atom stereocenters. The molecule has 0 spiro atoms. The monoisotopic (exact) mass is 476 g/mol. The van der Waals surface area contributed by atoms with E-state index in [-0.39, 0.29) is 6.10 Å². The summed E-state index contributed by atoms with van der Waals surface area (Å²) in [6.45, 7) is 12.7. The van der Waals surface area contributed by atoms with Crippen molar-refractivity contribution in [2.75, 3.05) is 0 Å². The molecule has 1 N–H and O–H groups in total. The Morgan fingerprint density at radius 3 is 2.40 bits per heavy atom. The van der Waals surface area contributed by atoms with Gasteiger partial charge in [-0.3, -0.25) is 0 Å². The van der Waals surface area contributed by atoms with Crippen LogP contribution in [0.3, 0.4) is 0 Å². The Labute approximate surface area is 216 Å². The normalized spacial score (nSPS) is 43.0. The number of rotatable bonds is 6. The van der Waals surface area contributed by atoms with Crippen molar-refractivity contribution in [1.82, 2.24) is 0 Å². The molecule has 194 valence electrons. The molecular weight excluding hydrogens is 424 g/mol. The van der Waals surface area contributed by atoms with Crippen LogP contribution in [0.2, 0.25) is 0 Å². The van der Waals surface area contributed by atoms with Crippen LogP contribution in [-0.4, -0.2) is 11.2 Å². The molecule has 0 amide bonds. The average Bonchev–Trinajstić information content (AvgIpc) is 3.18. The summed E-state index contributed by atoms with van der Waals surface area (Å²) < 4.78 is 0. The molecule has 1 heteroatoms. The zero-order valence-corrected chi connectivity index (χ0v) is 23.3. The molecule has 0 saturated heterocycles. The molecule has 35 heavy (non-hydrogen) atoms. The highest BCUT2D eigenvalue weighted by atomic mass is 16.3. The minimum Gasteiger partial charge on any atom is -0.389 e. The summed E-state index contributed by atoms with van der Waals surface area (Å²) >= 11 is 0. The van der Waals surface area contributed by atoms with Crippen LogP contribution in [0.25, 0.3) is 6.08 Å². The lowest BCUT2D eigenvalue weighted by Gasteiger charge is -2.61. The molecule has 4 saturated carbocycles. The van der Waals surface area contributed by atoms with Gasteiger partial charge in [0.15, 0.2) is 0 Å². The molecule has 4 aliphatic carbocycles. The predicted octanol–water partition coefficient (Wildman–Crippen LogP) is 9.16. The number of aliphatic hydroxyl groups excluding tert-OH is 1. The van der Waals surface area contributed by atoms with Crippen LogP contribution >= 0.6 is 0 Å². The van der Waals surface area contributed by atoms with Gasteiger partial charge in [0, 0.05) is 0 Å². The van der Waals surface area contributed by atoms with Crippen LogP contribution < -0.4 is 0 Å². The van der Waals surface area contributed by atoms with E-state index in [4.69, 9.17) is 0 Å². The molecule has 0 heterocycles. The van der Waals surface area contributed by atoms with Gasteiger partial charge in [-0.2, -0.15) is 0 Å². The van der Waals surface area contributed by atoms with Crippen molar-refractivity contribution < 1.29 is 5.11 Å². The van der Waals surface area contributed by atoms with Gasteiger partial charge in [-0.05, 0) is 115 Å². The molecule has 9 atom stereocenters. The van der Waals surface area contributed by atoms with Gasteiger partial charge in [0.05, 0.1) is 6.10 Å². The third-order valence-corrected chi connectivity index (χ3v) is 11.9. The zero-order chi connectivity index (χ0) is 24.8. The third-order valence-electron chi connectivity index (χ3n) is 11.9. The summed E-state index contributed by atoms with van der Waals surface area (Å²) in [5.74, 6) is 6.06. The first-order chi connectivity index (χ1) is 16.7. The van der Waals surface area contributed by atoms with E-state index in [9.17, 15) is 5.11 Å². The number of benzene rings is 1. The fourth-order valence-corrected chi connectivity index (χ4v) is 10.1. The van der Waals surface area contributed by atoms with Gasteiger partial charge in [-0.25, -0.2) is 0 Å². The Balaban J connectivity index is 1.33. The van der Waals surface area contributed by atoms with Crippen molar-refractivity contribution >= 4 is 6.08 Å². The van der Waals surface area contributed by atoms with E-state index >= 15 is 0 Å². The first-order valence-corrected chi connectivity index (χ1v) is 15.2. The van der Waals surface area contributed by atoms with E-state index in [0.717, 1.165) is 48.3 Å². The summed E-state index contributed by atoms with van der Waals surface area (Å²) in [6, 6.07) is 10.7. The number of hydrogen-bond donors (Lipinski definition) is 1. The van der Waals surface area contributed by atoms with Gasteiger partial charge in [0.1, 0.15) is 0 Å². The van der Waals surface area contributed by atoms with Crippen LogP contribution in [0.1, 0.15) is 111 Å². The molecule has 1 nitrogen and oxygen atoms in total. The predicted molar refractivity (Wildman–Crippen MR) is 149 cm³/mol. The van der Waals surface area contributed by atoms with E-state index in [1.54, 1.807) is 0 Å².